The van der Waals surface area contributed by atoms with Crippen molar-refractivity contribution < 1.29 is 36.3 Å². The maximum atomic E-state index is 13.6. The molecule has 1 unspecified atom stereocenters. The minimum atomic E-state index is -5.27. The molecule has 1 fully saturated rings. The molecule has 10 heteroatoms. The molecular weight excluding hydrogens is 303 g/mol. The van der Waals surface area contributed by atoms with Crippen molar-refractivity contribution in [2.75, 3.05) is 13.1 Å². The zero-order chi connectivity index (χ0) is 16.6. The van der Waals surface area contributed by atoms with Crippen molar-refractivity contribution in [2.45, 2.75) is 44.5 Å². The summed E-state index contributed by atoms with van der Waals surface area (Å²) in [5, 5.41) is 1.19. The van der Waals surface area contributed by atoms with Crippen LogP contribution in [0.5, 0.6) is 0 Å². The molecule has 1 atom stereocenters. The minimum absolute atomic E-state index is 0.562. The largest absolute Gasteiger partial charge is 0.471 e. The molecule has 1 aliphatic heterocycles. The Morgan fingerprint density at radius 1 is 1.24 bits per heavy atom. The standard InChI is InChI=1S/C11H15F5N2O3/c1-9(2,3)21-8(20)18-4-6(10(12,13)5-18)17-7(19)11(14,15)16/h6H,4-5H2,1-3H3,(H,17,19). The molecule has 0 aliphatic carbocycles. The molecule has 1 rings (SSSR count). The van der Waals surface area contributed by atoms with Gasteiger partial charge in [0.05, 0.1) is 13.1 Å². The van der Waals surface area contributed by atoms with Gasteiger partial charge in [-0.25, -0.2) is 13.6 Å². The highest BCUT2D eigenvalue weighted by molar-refractivity contribution is 5.82. The third-order valence-corrected chi connectivity index (χ3v) is 2.53. The lowest BCUT2D eigenvalue weighted by atomic mass is 10.2. The number of alkyl halides is 5. The van der Waals surface area contributed by atoms with Gasteiger partial charge in [0.15, 0.2) is 0 Å². The Bertz CT molecular complexity index is 431. The lowest BCUT2D eigenvalue weighted by Gasteiger charge is -2.24. The number of rotatable bonds is 1. The smallest absolute Gasteiger partial charge is 0.444 e. The first-order valence-corrected chi connectivity index (χ1v) is 5.96. The summed E-state index contributed by atoms with van der Waals surface area (Å²) in [6, 6.07) is -2.11. The van der Waals surface area contributed by atoms with Crippen molar-refractivity contribution in [3.8, 4) is 0 Å². The number of amides is 2. The molecule has 122 valence electrons. The van der Waals surface area contributed by atoms with Crippen LogP contribution in [0.15, 0.2) is 0 Å². The fourth-order valence-electron chi connectivity index (χ4n) is 1.64. The van der Waals surface area contributed by atoms with Gasteiger partial charge in [-0.15, -0.1) is 0 Å². The number of nitrogens with zero attached hydrogens (tertiary/aromatic N) is 1. The second-order valence-corrected chi connectivity index (χ2v) is 5.65. The van der Waals surface area contributed by atoms with Crippen LogP contribution in [0.1, 0.15) is 20.8 Å². The molecule has 0 bridgehead atoms. The van der Waals surface area contributed by atoms with E-state index in [1.165, 1.54) is 26.1 Å². The van der Waals surface area contributed by atoms with E-state index < -0.39 is 48.8 Å². The van der Waals surface area contributed by atoms with Gasteiger partial charge in [-0.1, -0.05) is 0 Å². The summed E-state index contributed by atoms with van der Waals surface area (Å²) >= 11 is 0. The van der Waals surface area contributed by atoms with Crippen LogP contribution >= 0.6 is 0 Å². The highest BCUT2D eigenvalue weighted by Gasteiger charge is 2.53. The Balaban J connectivity index is 2.74. The Labute approximate surface area is 117 Å². The molecule has 1 aliphatic rings. The van der Waals surface area contributed by atoms with E-state index in [0.717, 1.165) is 0 Å². The Hall–Kier alpha value is -1.61. The first kappa shape index (κ1) is 17.4. The summed E-state index contributed by atoms with van der Waals surface area (Å²) in [6.45, 7) is 2.67. The molecule has 2 amide bonds. The molecule has 0 aromatic rings. The average Bonchev–Trinajstić information content (AvgIpc) is 2.50. The normalized spacial score (nSPS) is 22.1. The van der Waals surface area contributed by atoms with Gasteiger partial charge < -0.3 is 10.1 Å². The SMILES string of the molecule is CC(C)(C)OC(=O)N1CC(NC(=O)C(F)(F)F)C(F)(F)C1. The summed E-state index contributed by atoms with van der Waals surface area (Å²) in [4.78, 5) is 22.9. The average molecular weight is 318 g/mol. The van der Waals surface area contributed by atoms with Crippen molar-refractivity contribution in [1.82, 2.24) is 10.2 Å². The second-order valence-electron chi connectivity index (χ2n) is 5.65. The summed E-state index contributed by atoms with van der Waals surface area (Å²) in [6.07, 6.45) is -6.35. The topological polar surface area (TPSA) is 58.6 Å². The molecule has 0 spiro atoms. The number of likely N-dealkylation sites (tertiary alicyclic amines) is 1. The van der Waals surface area contributed by atoms with Gasteiger partial charge in [0.25, 0.3) is 5.92 Å². The molecule has 0 aromatic carbocycles. The van der Waals surface area contributed by atoms with Crippen molar-refractivity contribution in [2.24, 2.45) is 0 Å². The lowest BCUT2D eigenvalue weighted by Crippen LogP contribution is -2.51. The van der Waals surface area contributed by atoms with Crippen LogP contribution in [-0.4, -0.2) is 53.7 Å². The van der Waals surface area contributed by atoms with Crippen molar-refractivity contribution in [3.63, 3.8) is 0 Å². The van der Waals surface area contributed by atoms with Gasteiger partial charge >= 0.3 is 18.2 Å². The van der Waals surface area contributed by atoms with E-state index in [1.807, 2.05) is 0 Å². The van der Waals surface area contributed by atoms with E-state index >= 15 is 0 Å². The number of hydrogen-bond acceptors (Lipinski definition) is 3. The zero-order valence-corrected chi connectivity index (χ0v) is 11.6. The summed E-state index contributed by atoms with van der Waals surface area (Å²) in [5.74, 6) is -6.14. The zero-order valence-electron chi connectivity index (χ0n) is 11.6. The van der Waals surface area contributed by atoms with Crippen molar-refractivity contribution in [1.29, 1.82) is 0 Å². The molecule has 0 saturated carbocycles. The third-order valence-electron chi connectivity index (χ3n) is 2.53. The minimum Gasteiger partial charge on any atom is -0.444 e. The first-order chi connectivity index (χ1) is 9.22. The number of halogens is 5. The fraction of sp³-hybridized carbons (Fsp3) is 0.818. The highest BCUT2D eigenvalue weighted by Crippen LogP contribution is 2.29. The number of hydrogen-bond donors (Lipinski definition) is 1. The van der Waals surface area contributed by atoms with Gasteiger partial charge in [0.1, 0.15) is 11.6 Å². The van der Waals surface area contributed by atoms with Crippen LogP contribution in [0.25, 0.3) is 0 Å². The molecule has 21 heavy (non-hydrogen) atoms. The third kappa shape index (κ3) is 4.71. The van der Waals surface area contributed by atoms with E-state index in [0.29, 0.717) is 4.90 Å². The summed E-state index contributed by atoms with van der Waals surface area (Å²) in [5.41, 5.74) is -0.931. The van der Waals surface area contributed by atoms with Crippen LogP contribution in [0.2, 0.25) is 0 Å². The lowest BCUT2D eigenvalue weighted by molar-refractivity contribution is -0.176. The number of nitrogens with one attached hydrogen (secondary N) is 1. The van der Waals surface area contributed by atoms with Gasteiger partial charge in [-0.05, 0) is 20.8 Å². The molecule has 1 N–H and O–H groups in total. The predicted octanol–water partition coefficient (Wildman–Crippen LogP) is 1.92. The van der Waals surface area contributed by atoms with Crippen LogP contribution in [0.4, 0.5) is 26.7 Å². The van der Waals surface area contributed by atoms with E-state index in [1.54, 1.807) is 0 Å². The van der Waals surface area contributed by atoms with Crippen LogP contribution in [0.3, 0.4) is 0 Å². The molecule has 1 saturated heterocycles. The van der Waals surface area contributed by atoms with Crippen LogP contribution in [-0.2, 0) is 9.53 Å². The van der Waals surface area contributed by atoms with Crippen molar-refractivity contribution >= 4 is 12.0 Å². The number of carbonyl (C=O) groups is 2. The second kappa shape index (κ2) is 5.30. The number of ether oxygens (including phenoxy) is 1. The molecule has 0 radical (unpaired) electrons. The van der Waals surface area contributed by atoms with Crippen molar-refractivity contribution in [3.05, 3.63) is 0 Å². The monoisotopic (exact) mass is 318 g/mol. The first-order valence-electron chi connectivity index (χ1n) is 5.96. The Kier molecular flexibility index (Phi) is 4.40. The highest BCUT2D eigenvalue weighted by atomic mass is 19.4. The number of carbonyl (C=O) groups excluding carboxylic acids is 2. The Morgan fingerprint density at radius 3 is 2.19 bits per heavy atom. The Morgan fingerprint density at radius 2 is 1.76 bits per heavy atom. The van der Waals surface area contributed by atoms with Gasteiger partial charge in [0, 0.05) is 0 Å². The van der Waals surface area contributed by atoms with Gasteiger partial charge in [-0.3, -0.25) is 9.69 Å². The summed E-state index contributed by atoms with van der Waals surface area (Å²) < 4.78 is 68.2. The molecular formula is C11H15F5N2O3. The van der Waals surface area contributed by atoms with E-state index in [-0.39, 0.29) is 0 Å². The predicted molar refractivity (Wildman–Crippen MR) is 60.7 cm³/mol. The van der Waals surface area contributed by atoms with E-state index in [2.05, 4.69) is 0 Å². The maximum absolute atomic E-state index is 13.6. The van der Waals surface area contributed by atoms with Crippen LogP contribution in [0, 0.1) is 0 Å². The molecule has 5 nitrogen and oxygen atoms in total. The summed E-state index contributed by atoms with van der Waals surface area (Å²) in [7, 11) is 0. The van der Waals surface area contributed by atoms with Crippen LogP contribution < -0.4 is 5.32 Å². The maximum Gasteiger partial charge on any atom is 0.471 e. The fourth-order valence-corrected chi connectivity index (χ4v) is 1.64. The van der Waals surface area contributed by atoms with E-state index in [9.17, 15) is 31.5 Å². The van der Waals surface area contributed by atoms with Gasteiger partial charge in [-0.2, -0.15) is 13.2 Å². The quantitative estimate of drug-likeness (QED) is 0.752. The molecule has 1 heterocycles. The van der Waals surface area contributed by atoms with Gasteiger partial charge in [0.2, 0.25) is 0 Å². The van der Waals surface area contributed by atoms with E-state index in [4.69, 9.17) is 4.74 Å². The molecule has 0 aromatic heterocycles.